The van der Waals surface area contributed by atoms with Crippen LogP contribution in [0.1, 0.15) is 48.2 Å². The van der Waals surface area contributed by atoms with Gasteiger partial charge in [-0.2, -0.15) is 0 Å². The van der Waals surface area contributed by atoms with Gasteiger partial charge in [-0.1, -0.05) is 12.8 Å². The van der Waals surface area contributed by atoms with Crippen molar-refractivity contribution < 1.29 is 18.7 Å². The van der Waals surface area contributed by atoms with E-state index in [2.05, 4.69) is 16.0 Å². The minimum absolute atomic E-state index is 0.0579. The fourth-order valence-electron chi connectivity index (χ4n) is 3.16. The van der Waals surface area contributed by atoms with Crippen LogP contribution in [0.2, 0.25) is 0 Å². The Kier molecular flexibility index (Phi) is 7.49. The van der Waals surface area contributed by atoms with E-state index in [9.17, 15) is 9.59 Å². The first-order valence-corrected chi connectivity index (χ1v) is 9.76. The van der Waals surface area contributed by atoms with E-state index in [4.69, 9.17) is 9.15 Å². The maximum Gasteiger partial charge on any atom is 0.319 e. The summed E-state index contributed by atoms with van der Waals surface area (Å²) >= 11 is 0. The molecule has 0 spiro atoms. The molecule has 3 rings (SSSR count). The first-order valence-electron chi connectivity index (χ1n) is 9.76. The van der Waals surface area contributed by atoms with Gasteiger partial charge in [0.15, 0.2) is 0 Å². The number of hydrogen-bond donors (Lipinski definition) is 3. The normalized spacial score (nSPS) is 14.0. The summed E-state index contributed by atoms with van der Waals surface area (Å²) < 4.78 is 10.6. The van der Waals surface area contributed by atoms with Crippen molar-refractivity contribution in [2.75, 3.05) is 18.5 Å². The Morgan fingerprint density at radius 1 is 1.11 bits per heavy atom. The van der Waals surface area contributed by atoms with Crippen LogP contribution in [-0.4, -0.2) is 31.1 Å². The van der Waals surface area contributed by atoms with Crippen LogP contribution in [-0.2, 0) is 11.3 Å². The molecule has 1 fully saturated rings. The van der Waals surface area contributed by atoms with Crippen molar-refractivity contribution in [1.82, 2.24) is 10.6 Å². The van der Waals surface area contributed by atoms with E-state index in [1.807, 2.05) is 12.1 Å². The fourth-order valence-corrected chi connectivity index (χ4v) is 3.16. The number of anilines is 1. The smallest absolute Gasteiger partial charge is 0.319 e. The molecule has 1 aromatic heterocycles. The standard InChI is InChI=1S/C21H27N3O4/c25-20(23-17-5-1-2-6-17)16-8-10-18(11-9-16)24-21(26)22-12-4-13-27-15-19-7-3-14-28-19/h3,7-11,14,17H,1-2,4-6,12-13,15H2,(H,23,25)(H2,22,24,26). The van der Waals surface area contributed by atoms with Crippen molar-refractivity contribution in [2.45, 2.75) is 44.8 Å². The van der Waals surface area contributed by atoms with Gasteiger partial charge in [0.25, 0.3) is 5.91 Å². The predicted octanol–water partition coefficient (Wildman–Crippen LogP) is 3.68. The SMILES string of the molecule is O=C(NCCCOCc1ccco1)Nc1ccc(C(=O)NC2CCCC2)cc1. The summed E-state index contributed by atoms with van der Waals surface area (Å²) in [6, 6.07) is 10.6. The molecule has 3 amide bonds. The lowest BCUT2D eigenvalue weighted by molar-refractivity contribution is 0.0938. The highest BCUT2D eigenvalue weighted by molar-refractivity contribution is 5.95. The van der Waals surface area contributed by atoms with Crippen molar-refractivity contribution in [3.63, 3.8) is 0 Å². The molecule has 0 bridgehead atoms. The van der Waals surface area contributed by atoms with Gasteiger partial charge in [0.05, 0.1) is 6.26 Å². The number of carbonyl (C=O) groups is 2. The van der Waals surface area contributed by atoms with Gasteiger partial charge in [-0.15, -0.1) is 0 Å². The number of nitrogens with one attached hydrogen (secondary N) is 3. The van der Waals surface area contributed by atoms with Gasteiger partial charge in [-0.05, 0) is 55.7 Å². The Labute approximate surface area is 164 Å². The fraction of sp³-hybridized carbons (Fsp3) is 0.429. The van der Waals surface area contributed by atoms with Crippen molar-refractivity contribution >= 4 is 17.6 Å². The van der Waals surface area contributed by atoms with Gasteiger partial charge < -0.3 is 25.1 Å². The maximum absolute atomic E-state index is 12.2. The topological polar surface area (TPSA) is 92.6 Å². The first kappa shape index (κ1) is 19.9. The van der Waals surface area contributed by atoms with E-state index in [0.717, 1.165) is 18.6 Å². The summed E-state index contributed by atoms with van der Waals surface area (Å²) in [5.41, 5.74) is 1.25. The van der Waals surface area contributed by atoms with Crippen LogP contribution in [0.15, 0.2) is 47.1 Å². The molecule has 0 unspecified atom stereocenters. The summed E-state index contributed by atoms with van der Waals surface area (Å²) in [6.45, 7) is 1.47. The number of benzene rings is 1. The van der Waals surface area contributed by atoms with Crippen LogP contribution in [0, 0.1) is 0 Å². The number of amides is 3. The zero-order valence-electron chi connectivity index (χ0n) is 15.9. The second kappa shape index (κ2) is 10.5. The largest absolute Gasteiger partial charge is 0.467 e. The van der Waals surface area contributed by atoms with E-state index < -0.39 is 0 Å². The van der Waals surface area contributed by atoms with Gasteiger partial charge in [0.2, 0.25) is 0 Å². The molecule has 0 saturated heterocycles. The lowest BCUT2D eigenvalue weighted by Gasteiger charge is -2.12. The highest BCUT2D eigenvalue weighted by Gasteiger charge is 2.17. The third kappa shape index (κ3) is 6.42. The van der Waals surface area contributed by atoms with Gasteiger partial charge in [-0.3, -0.25) is 4.79 Å². The quantitative estimate of drug-likeness (QED) is 0.574. The monoisotopic (exact) mass is 385 g/mol. The van der Waals surface area contributed by atoms with Crippen molar-refractivity contribution in [1.29, 1.82) is 0 Å². The third-order valence-corrected chi connectivity index (χ3v) is 4.67. The van der Waals surface area contributed by atoms with Crippen LogP contribution in [0.5, 0.6) is 0 Å². The molecule has 7 nitrogen and oxygen atoms in total. The Balaban J connectivity index is 1.30. The average molecular weight is 385 g/mol. The van der Waals surface area contributed by atoms with E-state index >= 15 is 0 Å². The molecule has 1 aliphatic carbocycles. The second-order valence-electron chi connectivity index (χ2n) is 6.90. The zero-order valence-corrected chi connectivity index (χ0v) is 15.9. The van der Waals surface area contributed by atoms with Crippen molar-refractivity contribution in [3.05, 3.63) is 54.0 Å². The lowest BCUT2D eigenvalue weighted by atomic mass is 10.1. The van der Waals surface area contributed by atoms with Crippen LogP contribution in [0.4, 0.5) is 10.5 Å². The van der Waals surface area contributed by atoms with Gasteiger partial charge in [0, 0.05) is 30.4 Å². The lowest BCUT2D eigenvalue weighted by Crippen LogP contribution is -2.32. The molecule has 1 heterocycles. The molecule has 7 heteroatoms. The van der Waals surface area contributed by atoms with E-state index in [1.54, 1.807) is 30.5 Å². The molecule has 0 atom stereocenters. The van der Waals surface area contributed by atoms with Crippen LogP contribution in [0.3, 0.4) is 0 Å². The Morgan fingerprint density at radius 3 is 2.61 bits per heavy atom. The molecule has 1 saturated carbocycles. The maximum atomic E-state index is 12.2. The number of ether oxygens (including phenoxy) is 1. The Hall–Kier alpha value is -2.80. The molecule has 3 N–H and O–H groups in total. The second-order valence-corrected chi connectivity index (χ2v) is 6.90. The molecule has 150 valence electrons. The summed E-state index contributed by atoms with van der Waals surface area (Å²) in [7, 11) is 0. The molecular weight excluding hydrogens is 358 g/mol. The highest BCUT2D eigenvalue weighted by Crippen LogP contribution is 2.18. The van der Waals surface area contributed by atoms with Crippen LogP contribution < -0.4 is 16.0 Å². The van der Waals surface area contributed by atoms with Crippen molar-refractivity contribution in [2.24, 2.45) is 0 Å². The summed E-state index contributed by atoms with van der Waals surface area (Å²) in [4.78, 5) is 24.1. The van der Waals surface area contributed by atoms with E-state index in [1.165, 1.54) is 12.8 Å². The minimum atomic E-state index is -0.283. The van der Waals surface area contributed by atoms with Crippen LogP contribution in [0.25, 0.3) is 0 Å². The van der Waals surface area contributed by atoms with Gasteiger partial charge in [0.1, 0.15) is 12.4 Å². The Bertz CT molecular complexity index is 738. The van der Waals surface area contributed by atoms with E-state index in [-0.39, 0.29) is 11.9 Å². The molecule has 0 aliphatic heterocycles. The Morgan fingerprint density at radius 2 is 1.89 bits per heavy atom. The predicted molar refractivity (Wildman–Crippen MR) is 106 cm³/mol. The number of carbonyl (C=O) groups excluding carboxylic acids is 2. The first-order chi connectivity index (χ1) is 13.7. The summed E-state index contributed by atoms with van der Waals surface area (Å²) in [6.07, 6.45) is 6.78. The van der Waals surface area contributed by atoms with Crippen LogP contribution >= 0.6 is 0 Å². The third-order valence-electron chi connectivity index (χ3n) is 4.67. The molecule has 1 aliphatic rings. The zero-order chi connectivity index (χ0) is 19.6. The van der Waals surface area contributed by atoms with Gasteiger partial charge in [-0.25, -0.2) is 4.79 Å². The number of furan rings is 1. The van der Waals surface area contributed by atoms with Crippen molar-refractivity contribution in [3.8, 4) is 0 Å². The van der Waals surface area contributed by atoms with Gasteiger partial charge >= 0.3 is 6.03 Å². The summed E-state index contributed by atoms with van der Waals surface area (Å²) in [5.74, 6) is 0.725. The molecule has 2 aromatic rings. The average Bonchev–Trinajstić information content (AvgIpc) is 3.39. The van der Waals surface area contributed by atoms with E-state index in [0.29, 0.717) is 43.5 Å². The summed E-state index contributed by atoms with van der Waals surface area (Å²) in [5, 5.41) is 8.59. The number of hydrogen-bond acceptors (Lipinski definition) is 4. The highest BCUT2D eigenvalue weighted by atomic mass is 16.5. The molecule has 0 radical (unpaired) electrons. The molecular formula is C21H27N3O4. The molecule has 1 aromatic carbocycles. The minimum Gasteiger partial charge on any atom is -0.467 e. The molecule has 28 heavy (non-hydrogen) atoms. The number of rotatable bonds is 9. The number of urea groups is 1.